The van der Waals surface area contributed by atoms with Gasteiger partial charge < -0.3 is 4.74 Å². The van der Waals surface area contributed by atoms with Crippen LogP contribution in [0.4, 0.5) is 0 Å². The first kappa shape index (κ1) is 14.4. The van der Waals surface area contributed by atoms with Gasteiger partial charge in [-0.1, -0.05) is 6.58 Å². The van der Waals surface area contributed by atoms with Crippen molar-refractivity contribution >= 4 is 75.3 Å². The van der Waals surface area contributed by atoms with Crippen LogP contribution in [0.15, 0.2) is 30.5 Å². The van der Waals surface area contributed by atoms with Crippen LogP contribution in [0.1, 0.15) is 5.56 Å². The van der Waals surface area contributed by atoms with Crippen molar-refractivity contribution in [1.82, 2.24) is 0 Å². The van der Waals surface area contributed by atoms with E-state index < -0.39 is 5.97 Å². The Bertz CT molecular complexity index is 468. The second-order valence-corrected chi connectivity index (χ2v) is 6.05. The van der Waals surface area contributed by atoms with Gasteiger partial charge in [-0.05, 0) is 69.8 Å². The van der Waals surface area contributed by atoms with Gasteiger partial charge in [-0.3, -0.25) is 0 Å². The minimum atomic E-state index is -0.457. The van der Waals surface area contributed by atoms with Crippen molar-refractivity contribution in [2.75, 3.05) is 7.11 Å². The van der Waals surface area contributed by atoms with Gasteiger partial charge in [0.1, 0.15) is 0 Å². The van der Waals surface area contributed by atoms with E-state index in [0.29, 0.717) is 11.1 Å². The van der Waals surface area contributed by atoms with E-state index in [0.717, 1.165) is 17.9 Å². The zero-order valence-corrected chi connectivity index (χ0v) is 14.5. The lowest BCUT2D eigenvalue weighted by atomic mass is 10.1. The minimum absolute atomic E-state index is 0.295. The molecular weight excluding hydrogens is 472 g/mol. The van der Waals surface area contributed by atoms with Gasteiger partial charge in [0.2, 0.25) is 0 Å². The molecule has 1 aromatic carbocycles. The van der Waals surface area contributed by atoms with Gasteiger partial charge in [0.25, 0.3) is 0 Å². The van der Waals surface area contributed by atoms with Crippen LogP contribution in [0, 0.1) is 0 Å². The molecule has 2 nitrogen and oxygen atoms in total. The predicted octanol–water partition coefficient (Wildman–Crippen LogP) is 4.92. The third-order valence-electron chi connectivity index (χ3n) is 1.86. The standard InChI is InChI=1S/C10H6Br4O2/c1-4(10(15)16-2)5-3-6(11)8(13)9(14)7(5)12/h3H,1H2,2H3. The zero-order valence-electron chi connectivity index (χ0n) is 8.11. The molecule has 0 atom stereocenters. The summed E-state index contributed by atoms with van der Waals surface area (Å²) < 4.78 is 7.87. The molecule has 0 heterocycles. The molecule has 6 heteroatoms. The molecule has 0 aliphatic rings. The molecule has 0 saturated heterocycles. The monoisotopic (exact) mass is 474 g/mol. The molecule has 0 radical (unpaired) electrons. The lowest BCUT2D eigenvalue weighted by molar-refractivity contribution is -0.133. The highest BCUT2D eigenvalue weighted by Gasteiger charge is 2.18. The molecule has 86 valence electrons. The van der Waals surface area contributed by atoms with Gasteiger partial charge in [-0.2, -0.15) is 0 Å². The van der Waals surface area contributed by atoms with E-state index in [-0.39, 0.29) is 0 Å². The van der Waals surface area contributed by atoms with E-state index in [9.17, 15) is 4.79 Å². The molecule has 0 unspecified atom stereocenters. The third kappa shape index (κ3) is 2.78. The topological polar surface area (TPSA) is 26.3 Å². The van der Waals surface area contributed by atoms with Crippen LogP contribution in [-0.4, -0.2) is 13.1 Å². The maximum atomic E-state index is 11.4. The highest BCUT2D eigenvalue weighted by molar-refractivity contribution is 9.15. The Morgan fingerprint density at radius 3 is 2.25 bits per heavy atom. The minimum Gasteiger partial charge on any atom is -0.465 e. The molecule has 0 spiro atoms. The number of esters is 1. The van der Waals surface area contributed by atoms with Crippen molar-refractivity contribution in [2.45, 2.75) is 0 Å². The molecule has 0 aliphatic carbocycles. The number of halogens is 4. The van der Waals surface area contributed by atoms with Crippen LogP contribution in [-0.2, 0) is 9.53 Å². The molecule has 1 rings (SSSR count). The average Bonchev–Trinajstić information content (AvgIpc) is 2.29. The Balaban J connectivity index is 3.36. The molecule has 0 aromatic heterocycles. The number of hydrogen-bond acceptors (Lipinski definition) is 2. The van der Waals surface area contributed by atoms with Gasteiger partial charge in [-0.15, -0.1) is 0 Å². The van der Waals surface area contributed by atoms with E-state index in [2.05, 4.69) is 75.0 Å². The van der Waals surface area contributed by atoms with Crippen molar-refractivity contribution in [2.24, 2.45) is 0 Å². The second-order valence-electron chi connectivity index (χ2n) is 2.82. The Morgan fingerprint density at radius 1 is 1.19 bits per heavy atom. The fourth-order valence-corrected chi connectivity index (χ4v) is 3.28. The summed E-state index contributed by atoms with van der Waals surface area (Å²) in [5.41, 5.74) is 0.970. The maximum Gasteiger partial charge on any atom is 0.337 e. The summed E-state index contributed by atoms with van der Waals surface area (Å²) in [4.78, 5) is 11.4. The van der Waals surface area contributed by atoms with E-state index >= 15 is 0 Å². The Kier molecular flexibility index (Phi) is 5.22. The van der Waals surface area contributed by atoms with Gasteiger partial charge in [0.15, 0.2) is 0 Å². The highest BCUT2D eigenvalue weighted by Crippen LogP contribution is 2.41. The number of ether oxygens (including phenoxy) is 1. The maximum absolute atomic E-state index is 11.4. The smallest absolute Gasteiger partial charge is 0.337 e. The SMILES string of the molecule is C=C(C(=O)OC)c1cc(Br)c(Br)c(Br)c1Br. The fraction of sp³-hybridized carbons (Fsp3) is 0.100. The number of carbonyl (C=O) groups is 1. The molecule has 0 amide bonds. The molecule has 16 heavy (non-hydrogen) atoms. The van der Waals surface area contributed by atoms with Crippen LogP contribution in [0.2, 0.25) is 0 Å². The first-order valence-corrected chi connectivity index (χ1v) is 7.18. The summed E-state index contributed by atoms with van der Waals surface area (Å²) in [6.07, 6.45) is 0. The van der Waals surface area contributed by atoms with Crippen molar-refractivity contribution in [1.29, 1.82) is 0 Å². The molecule has 0 fully saturated rings. The van der Waals surface area contributed by atoms with Crippen LogP contribution in [0.25, 0.3) is 5.57 Å². The highest BCUT2D eigenvalue weighted by atomic mass is 79.9. The van der Waals surface area contributed by atoms with Gasteiger partial charge in [0, 0.05) is 23.5 Å². The number of hydrogen-bond donors (Lipinski definition) is 0. The first-order chi connectivity index (χ1) is 7.40. The lowest BCUT2D eigenvalue weighted by Crippen LogP contribution is -2.03. The van der Waals surface area contributed by atoms with E-state index in [1.54, 1.807) is 6.07 Å². The zero-order chi connectivity index (χ0) is 12.5. The van der Waals surface area contributed by atoms with Crippen molar-refractivity contribution in [3.8, 4) is 0 Å². The van der Waals surface area contributed by atoms with Crippen LogP contribution >= 0.6 is 63.7 Å². The quantitative estimate of drug-likeness (QED) is 0.261. The number of benzene rings is 1. The molecule has 0 N–H and O–H groups in total. The Hall–Kier alpha value is 0.350. The Labute approximate surface area is 127 Å². The summed E-state index contributed by atoms with van der Waals surface area (Å²) in [5.74, 6) is -0.457. The molecule has 1 aromatic rings. The normalized spacial score (nSPS) is 10.1. The fourth-order valence-electron chi connectivity index (χ4n) is 1.03. The first-order valence-electron chi connectivity index (χ1n) is 4.00. The summed E-state index contributed by atoms with van der Waals surface area (Å²) >= 11 is 13.6. The van der Waals surface area contributed by atoms with E-state index in [4.69, 9.17) is 0 Å². The van der Waals surface area contributed by atoms with Crippen molar-refractivity contribution in [3.05, 3.63) is 36.1 Å². The summed E-state index contributed by atoms with van der Waals surface area (Å²) in [6.45, 7) is 3.71. The largest absolute Gasteiger partial charge is 0.465 e. The number of rotatable bonds is 2. The van der Waals surface area contributed by atoms with Crippen LogP contribution < -0.4 is 0 Å². The molecule has 0 saturated carbocycles. The van der Waals surface area contributed by atoms with Crippen LogP contribution in [0.5, 0.6) is 0 Å². The van der Waals surface area contributed by atoms with E-state index in [1.165, 1.54) is 7.11 Å². The third-order valence-corrected chi connectivity index (χ3v) is 6.52. The van der Waals surface area contributed by atoms with Crippen LogP contribution in [0.3, 0.4) is 0 Å². The molecule has 0 aliphatic heterocycles. The lowest BCUT2D eigenvalue weighted by Gasteiger charge is -2.10. The van der Waals surface area contributed by atoms with E-state index in [1.807, 2.05) is 0 Å². The summed E-state index contributed by atoms with van der Waals surface area (Å²) in [7, 11) is 1.32. The predicted molar refractivity (Wildman–Crippen MR) is 78.3 cm³/mol. The Morgan fingerprint density at radius 2 is 1.75 bits per heavy atom. The summed E-state index contributed by atoms with van der Waals surface area (Å²) in [6, 6.07) is 1.79. The molecule has 0 bridgehead atoms. The number of methoxy groups -OCH3 is 1. The van der Waals surface area contributed by atoms with Gasteiger partial charge in [0.05, 0.1) is 12.7 Å². The van der Waals surface area contributed by atoms with Gasteiger partial charge >= 0.3 is 5.97 Å². The molecular formula is C10H6Br4O2. The van der Waals surface area contributed by atoms with Crippen molar-refractivity contribution < 1.29 is 9.53 Å². The average molecular weight is 478 g/mol. The second kappa shape index (κ2) is 5.80. The van der Waals surface area contributed by atoms with Gasteiger partial charge in [-0.25, -0.2) is 4.79 Å². The van der Waals surface area contributed by atoms with Crippen molar-refractivity contribution in [3.63, 3.8) is 0 Å². The summed E-state index contributed by atoms with van der Waals surface area (Å²) in [5, 5.41) is 0. The number of carbonyl (C=O) groups excluding carboxylic acids is 1.